The Morgan fingerprint density at radius 1 is 1.56 bits per heavy atom. The van der Waals surface area contributed by atoms with Crippen LogP contribution in [0.4, 0.5) is 5.69 Å². The standard InChI is InChI=1S/C11H15ClN2O2/c1-7(2)14-11(15)6-16-10-5-8(13)3-4-9(10)12/h3-5,7H,6,13H2,1-2H3,(H,14,15). The van der Waals surface area contributed by atoms with Crippen LogP contribution in [0.15, 0.2) is 18.2 Å². The minimum Gasteiger partial charge on any atom is -0.482 e. The predicted molar refractivity (Wildman–Crippen MR) is 64.6 cm³/mol. The third-order valence-electron chi connectivity index (χ3n) is 1.76. The summed E-state index contributed by atoms with van der Waals surface area (Å²) in [6.07, 6.45) is 0. The monoisotopic (exact) mass is 242 g/mol. The normalized spacial score (nSPS) is 10.2. The summed E-state index contributed by atoms with van der Waals surface area (Å²) in [7, 11) is 0. The zero-order chi connectivity index (χ0) is 12.1. The quantitative estimate of drug-likeness (QED) is 0.792. The zero-order valence-corrected chi connectivity index (χ0v) is 10.0. The van der Waals surface area contributed by atoms with Crippen LogP contribution in [0.1, 0.15) is 13.8 Å². The van der Waals surface area contributed by atoms with Crippen LogP contribution in [0.2, 0.25) is 5.02 Å². The van der Waals surface area contributed by atoms with Gasteiger partial charge in [0.1, 0.15) is 5.75 Å². The Labute approximate surface area is 99.7 Å². The van der Waals surface area contributed by atoms with Crippen molar-refractivity contribution in [2.75, 3.05) is 12.3 Å². The maximum Gasteiger partial charge on any atom is 0.258 e. The summed E-state index contributed by atoms with van der Waals surface area (Å²) in [6.45, 7) is 3.69. The molecule has 0 unspecified atom stereocenters. The van der Waals surface area contributed by atoms with E-state index in [1.54, 1.807) is 18.2 Å². The molecule has 1 aromatic rings. The van der Waals surface area contributed by atoms with Crippen molar-refractivity contribution in [1.29, 1.82) is 0 Å². The number of nitrogens with two attached hydrogens (primary N) is 1. The number of amides is 1. The number of hydrogen-bond donors (Lipinski definition) is 2. The SMILES string of the molecule is CC(C)NC(=O)COc1cc(N)ccc1Cl. The number of nitrogens with one attached hydrogen (secondary N) is 1. The Bertz CT molecular complexity index is 380. The van der Waals surface area contributed by atoms with Crippen molar-refractivity contribution in [1.82, 2.24) is 5.32 Å². The summed E-state index contributed by atoms with van der Waals surface area (Å²) >= 11 is 5.87. The van der Waals surface area contributed by atoms with E-state index >= 15 is 0 Å². The molecule has 4 nitrogen and oxygen atoms in total. The minimum atomic E-state index is -0.187. The smallest absolute Gasteiger partial charge is 0.258 e. The molecule has 0 atom stereocenters. The molecule has 0 aromatic heterocycles. The van der Waals surface area contributed by atoms with Crippen LogP contribution in [0.3, 0.4) is 0 Å². The van der Waals surface area contributed by atoms with E-state index in [1.807, 2.05) is 13.8 Å². The Morgan fingerprint density at radius 2 is 2.25 bits per heavy atom. The minimum absolute atomic E-state index is 0.0681. The van der Waals surface area contributed by atoms with E-state index in [2.05, 4.69) is 5.32 Å². The van der Waals surface area contributed by atoms with Gasteiger partial charge in [0.15, 0.2) is 6.61 Å². The third kappa shape index (κ3) is 3.98. The lowest BCUT2D eigenvalue weighted by atomic mass is 10.3. The van der Waals surface area contributed by atoms with Crippen molar-refractivity contribution in [3.05, 3.63) is 23.2 Å². The van der Waals surface area contributed by atoms with Crippen LogP contribution in [0, 0.1) is 0 Å². The number of carbonyl (C=O) groups excluding carboxylic acids is 1. The summed E-state index contributed by atoms with van der Waals surface area (Å²) in [4.78, 5) is 11.3. The number of benzene rings is 1. The Hall–Kier alpha value is -1.42. The highest BCUT2D eigenvalue weighted by Gasteiger charge is 2.07. The molecule has 1 amide bonds. The number of nitrogen functional groups attached to an aromatic ring is 1. The molecule has 0 aliphatic heterocycles. The highest BCUT2D eigenvalue weighted by atomic mass is 35.5. The largest absolute Gasteiger partial charge is 0.482 e. The van der Waals surface area contributed by atoms with Gasteiger partial charge in [0, 0.05) is 17.8 Å². The van der Waals surface area contributed by atoms with Crippen molar-refractivity contribution >= 4 is 23.2 Å². The molecule has 88 valence electrons. The Morgan fingerprint density at radius 3 is 2.88 bits per heavy atom. The molecule has 0 spiro atoms. The van der Waals surface area contributed by atoms with Gasteiger partial charge in [-0.2, -0.15) is 0 Å². The summed E-state index contributed by atoms with van der Waals surface area (Å²) in [5, 5.41) is 3.15. The molecule has 0 bridgehead atoms. The maximum absolute atomic E-state index is 11.3. The van der Waals surface area contributed by atoms with Crippen LogP contribution in [0.5, 0.6) is 5.75 Å². The zero-order valence-electron chi connectivity index (χ0n) is 9.29. The molecule has 0 heterocycles. The average Bonchev–Trinajstić information content (AvgIpc) is 2.18. The molecule has 5 heteroatoms. The van der Waals surface area contributed by atoms with Gasteiger partial charge in [-0.05, 0) is 26.0 Å². The highest BCUT2D eigenvalue weighted by Crippen LogP contribution is 2.26. The van der Waals surface area contributed by atoms with Gasteiger partial charge < -0.3 is 15.8 Å². The number of carbonyl (C=O) groups is 1. The molecule has 1 aromatic carbocycles. The lowest BCUT2D eigenvalue weighted by Gasteiger charge is -2.10. The van der Waals surface area contributed by atoms with E-state index in [4.69, 9.17) is 22.1 Å². The molecule has 0 aliphatic carbocycles. The van der Waals surface area contributed by atoms with Crippen LogP contribution in [-0.4, -0.2) is 18.6 Å². The first-order valence-corrected chi connectivity index (χ1v) is 5.34. The Balaban J connectivity index is 2.54. The average molecular weight is 243 g/mol. The van der Waals surface area contributed by atoms with E-state index in [-0.39, 0.29) is 18.6 Å². The van der Waals surface area contributed by atoms with Crippen LogP contribution in [0.25, 0.3) is 0 Å². The second-order valence-electron chi connectivity index (χ2n) is 3.70. The van der Waals surface area contributed by atoms with Crippen LogP contribution < -0.4 is 15.8 Å². The Kier molecular flexibility index (Phi) is 4.43. The molecular weight excluding hydrogens is 228 g/mol. The van der Waals surface area contributed by atoms with Crippen molar-refractivity contribution in [2.45, 2.75) is 19.9 Å². The fraction of sp³-hybridized carbons (Fsp3) is 0.364. The maximum atomic E-state index is 11.3. The van der Waals surface area contributed by atoms with Gasteiger partial charge in [-0.25, -0.2) is 0 Å². The number of ether oxygens (including phenoxy) is 1. The molecule has 0 saturated carbocycles. The molecule has 16 heavy (non-hydrogen) atoms. The lowest BCUT2D eigenvalue weighted by Crippen LogP contribution is -2.34. The second kappa shape index (κ2) is 5.61. The van der Waals surface area contributed by atoms with Gasteiger partial charge >= 0.3 is 0 Å². The third-order valence-corrected chi connectivity index (χ3v) is 2.08. The van der Waals surface area contributed by atoms with Gasteiger partial charge in [-0.15, -0.1) is 0 Å². The predicted octanol–water partition coefficient (Wildman–Crippen LogP) is 1.83. The van der Waals surface area contributed by atoms with Crippen molar-refractivity contribution in [2.24, 2.45) is 0 Å². The first-order valence-electron chi connectivity index (χ1n) is 4.96. The van der Waals surface area contributed by atoms with Gasteiger partial charge in [-0.3, -0.25) is 4.79 Å². The van der Waals surface area contributed by atoms with Gasteiger partial charge in [0.05, 0.1) is 5.02 Å². The number of halogens is 1. The van der Waals surface area contributed by atoms with Crippen LogP contribution in [-0.2, 0) is 4.79 Å². The summed E-state index contributed by atoms with van der Waals surface area (Å²) in [5.74, 6) is 0.231. The van der Waals surface area contributed by atoms with Crippen molar-refractivity contribution in [3.63, 3.8) is 0 Å². The molecule has 0 fully saturated rings. The molecule has 3 N–H and O–H groups in total. The first-order chi connectivity index (χ1) is 7.49. The molecule has 0 aliphatic rings. The fourth-order valence-corrected chi connectivity index (χ4v) is 1.31. The number of hydrogen-bond acceptors (Lipinski definition) is 3. The molecule has 0 saturated heterocycles. The number of anilines is 1. The topological polar surface area (TPSA) is 64.3 Å². The van der Waals surface area contributed by atoms with Gasteiger partial charge in [0.25, 0.3) is 5.91 Å². The summed E-state index contributed by atoms with van der Waals surface area (Å²) < 4.78 is 5.26. The fourth-order valence-electron chi connectivity index (χ4n) is 1.14. The van der Waals surface area contributed by atoms with Crippen LogP contribution >= 0.6 is 11.6 Å². The van der Waals surface area contributed by atoms with Gasteiger partial charge in [0.2, 0.25) is 0 Å². The van der Waals surface area contributed by atoms with E-state index in [9.17, 15) is 4.79 Å². The van der Waals surface area contributed by atoms with E-state index in [0.717, 1.165) is 0 Å². The molecule has 1 rings (SSSR count). The first kappa shape index (κ1) is 12.6. The second-order valence-corrected chi connectivity index (χ2v) is 4.11. The van der Waals surface area contributed by atoms with E-state index < -0.39 is 0 Å². The van der Waals surface area contributed by atoms with Crippen molar-refractivity contribution < 1.29 is 9.53 Å². The summed E-state index contributed by atoms with van der Waals surface area (Å²) in [6, 6.07) is 4.98. The molecular formula is C11H15ClN2O2. The number of rotatable bonds is 4. The summed E-state index contributed by atoms with van der Waals surface area (Å²) in [5.41, 5.74) is 6.12. The van der Waals surface area contributed by atoms with Gasteiger partial charge in [-0.1, -0.05) is 11.6 Å². The van der Waals surface area contributed by atoms with E-state index in [1.165, 1.54) is 0 Å². The van der Waals surface area contributed by atoms with E-state index in [0.29, 0.717) is 16.5 Å². The molecule has 0 radical (unpaired) electrons. The lowest BCUT2D eigenvalue weighted by molar-refractivity contribution is -0.123. The van der Waals surface area contributed by atoms with Crippen molar-refractivity contribution in [3.8, 4) is 5.75 Å². The highest BCUT2D eigenvalue weighted by molar-refractivity contribution is 6.32.